The molecule has 0 amide bonds. The second-order valence-electron chi connectivity index (χ2n) is 8.52. The molecule has 1 aliphatic heterocycles. The molecular weight excluding hydrogens is 396 g/mol. The van der Waals surface area contributed by atoms with Crippen molar-refractivity contribution >= 4 is 28.2 Å². The van der Waals surface area contributed by atoms with Crippen LogP contribution < -0.4 is 10.9 Å². The Balaban J connectivity index is 1.79. The Hall–Kier alpha value is -1.96. The highest BCUT2D eigenvalue weighted by molar-refractivity contribution is 7.80. The molecular formula is C23H34N4O2S. The molecule has 1 aromatic heterocycles. The quantitative estimate of drug-likeness (QED) is 0.496. The summed E-state index contributed by atoms with van der Waals surface area (Å²) in [4.78, 5) is 20.2. The van der Waals surface area contributed by atoms with Crippen LogP contribution in [0.15, 0.2) is 23.0 Å². The van der Waals surface area contributed by atoms with Gasteiger partial charge in [0.15, 0.2) is 5.11 Å². The van der Waals surface area contributed by atoms with E-state index in [9.17, 15) is 4.79 Å². The lowest BCUT2D eigenvalue weighted by molar-refractivity contribution is 0.0897. The highest BCUT2D eigenvalue weighted by atomic mass is 32.1. The third-order valence-electron chi connectivity index (χ3n) is 5.68. The molecule has 2 N–H and O–H groups in total. The third kappa shape index (κ3) is 5.80. The predicted molar refractivity (Wildman–Crippen MR) is 127 cm³/mol. The van der Waals surface area contributed by atoms with Crippen LogP contribution in [-0.2, 0) is 11.3 Å². The van der Waals surface area contributed by atoms with Crippen LogP contribution in [0.3, 0.4) is 0 Å². The summed E-state index contributed by atoms with van der Waals surface area (Å²) in [6.45, 7) is 7.88. The first kappa shape index (κ1) is 22.7. The Morgan fingerprint density at radius 3 is 2.77 bits per heavy atom. The molecule has 164 valence electrons. The molecule has 1 unspecified atom stereocenters. The van der Waals surface area contributed by atoms with Gasteiger partial charge in [0.05, 0.1) is 18.2 Å². The molecule has 1 atom stereocenters. The fourth-order valence-electron chi connectivity index (χ4n) is 3.90. The number of ether oxygens (including phenoxy) is 1. The van der Waals surface area contributed by atoms with E-state index in [1.165, 1.54) is 0 Å². The number of nitrogens with one attached hydrogen (secondary N) is 2. The molecule has 0 bridgehead atoms. The van der Waals surface area contributed by atoms with Gasteiger partial charge in [0.2, 0.25) is 0 Å². The van der Waals surface area contributed by atoms with Crippen molar-refractivity contribution in [3.63, 3.8) is 0 Å². The molecule has 1 aromatic carbocycles. The minimum Gasteiger partial charge on any atom is -0.376 e. The van der Waals surface area contributed by atoms with Crippen molar-refractivity contribution in [1.82, 2.24) is 20.1 Å². The smallest absolute Gasteiger partial charge is 0.253 e. The number of aromatic nitrogens is 1. The summed E-state index contributed by atoms with van der Waals surface area (Å²) in [7, 11) is 4.13. The van der Waals surface area contributed by atoms with Gasteiger partial charge in [0, 0.05) is 30.6 Å². The Labute approximate surface area is 184 Å². The van der Waals surface area contributed by atoms with E-state index in [1.807, 2.05) is 19.1 Å². The molecule has 1 aliphatic rings. The molecule has 0 saturated carbocycles. The van der Waals surface area contributed by atoms with Gasteiger partial charge in [-0.1, -0.05) is 12.1 Å². The number of pyridine rings is 1. The van der Waals surface area contributed by atoms with Crippen molar-refractivity contribution < 1.29 is 4.74 Å². The van der Waals surface area contributed by atoms with E-state index in [2.05, 4.69) is 47.2 Å². The lowest BCUT2D eigenvalue weighted by Gasteiger charge is -2.28. The standard InChI is InChI=1S/C23H34N4O2S/c1-16-8-9-17(2)21-20(16)13-18(22(28)25-21)14-27(15-19-7-5-12-29-19)23(30)24-10-6-11-26(3)4/h8-9,13,19H,5-7,10-12,14-15H2,1-4H3,(H,24,30)(H,25,28). The summed E-state index contributed by atoms with van der Waals surface area (Å²) in [6.07, 6.45) is 3.29. The normalized spacial score (nSPS) is 16.4. The van der Waals surface area contributed by atoms with Gasteiger partial charge in [-0.3, -0.25) is 4.79 Å². The fraction of sp³-hybridized carbons (Fsp3) is 0.565. The van der Waals surface area contributed by atoms with E-state index in [0.29, 0.717) is 18.2 Å². The second-order valence-corrected chi connectivity index (χ2v) is 8.90. The zero-order valence-electron chi connectivity index (χ0n) is 18.6. The highest BCUT2D eigenvalue weighted by Crippen LogP contribution is 2.21. The zero-order chi connectivity index (χ0) is 21.7. The molecule has 2 aromatic rings. The largest absolute Gasteiger partial charge is 0.376 e. The van der Waals surface area contributed by atoms with E-state index in [-0.39, 0.29) is 11.7 Å². The molecule has 3 rings (SSSR count). The Morgan fingerprint density at radius 2 is 2.07 bits per heavy atom. The number of benzene rings is 1. The summed E-state index contributed by atoms with van der Waals surface area (Å²) >= 11 is 5.71. The average molecular weight is 431 g/mol. The molecule has 0 spiro atoms. The van der Waals surface area contributed by atoms with E-state index in [0.717, 1.165) is 66.6 Å². The fourth-order valence-corrected chi connectivity index (χ4v) is 4.14. The van der Waals surface area contributed by atoms with Crippen LogP contribution in [0.5, 0.6) is 0 Å². The van der Waals surface area contributed by atoms with Crippen molar-refractivity contribution in [2.75, 3.05) is 40.3 Å². The number of aromatic amines is 1. The van der Waals surface area contributed by atoms with Crippen LogP contribution >= 0.6 is 12.2 Å². The molecule has 2 heterocycles. The maximum absolute atomic E-state index is 12.8. The van der Waals surface area contributed by atoms with Gasteiger partial charge in [-0.2, -0.15) is 0 Å². The van der Waals surface area contributed by atoms with Crippen LogP contribution in [0.25, 0.3) is 10.9 Å². The molecule has 6 nitrogen and oxygen atoms in total. The highest BCUT2D eigenvalue weighted by Gasteiger charge is 2.22. The summed E-state index contributed by atoms with van der Waals surface area (Å²) in [5.74, 6) is 0. The number of thiocarbonyl (C=S) groups is 1. The van der Waals surface area contributed by atoms with Crippen LogP contribution in [0.4, 0.5) is 0 Å². The average Bonchev–Trinajstić information content (AvgIpc) is 3.21. The summed E-state index contributed by atoms with van der Waals surface area (Å²) in [5.41, 5.74) is 3.83. The number of hydrogen-bond donors (Lipinski definition) is 2. The molecule has 1 saturated heterocycles. The molecule has 7 heteroatoms. The first-order valence-corrected chi connectivity index (χ1v) is 11.2. The Bertz CT molecular complexity index is 935. The van der Waals surface area contributed by atoms with Crippen molar-refractivity contribution in [3.8, 4) is 0 Å². The van der Waals surface area contributed by atoms with Crippen LogP contribution in [0.2, 0.25) is 0 Å². The van der Waals surface area contributed by atoms with Crippen LogP contribution in [-0.4, -0.2) is 66.3 Å². The predicted octanol–water partition coefficient (Wildman–Crippen LogP) is 2.95. The summed E-state index contributed by atoms with van der Waals surface area (Å²) in [5, 5.41) is 5.15. The van der Waals surface area contributed by atoms with Crippen molar-refractivity contribution in [2.45, 2.75) is 45.8 Å². The summed E-state index contributed by atoms with van der Waals surface area (Å²) in [6, 6.07) is 6.16. The van der Waals surface area contributed by atoms with Gasteiger partial charge in [-0.15, -0.1) is 0 Å². The van der Waals surface area contributed by atoms with Crippen molar-refractivity contribution in [3.05, 3.63) is 45.2 Å². The molecule has 0 radical (unpaired) electrons. The van der Waals surface area contributed by atoms with Crippen LogP contribution in [0, 0.1) is 13.8 Å². The second kappa shape index (κ2) is 10.4. The first-order chi connectivity index (χ1) is 14.3. The maximum Gasteiger partial charge on any atom is 0.253 e. The van der Waals surface area contributed by atoms with E-state index < -0.39 is 0 Å². The maximum atomic E-state index is 12.8. The molecule has 0 aliphatic carbocycles. The Morgan fingerprint density at radius 1 is 1.30 bits per heavy atom. The zero-order valence-corrected chi connectivity index (χ0v) is 19.4. The first-order valence-electron chi connectivity index (χ1n) is 10.8. The number of H-pyrrole nitrogens is 1. The lowest BCUT2D eigenvalue weighted by atomic mass is 10.0. The number of nitrogens with zero attached hydrogens (tertiary/aromatic N) is 2. The van der Waals surface area contributed by atoms with Crippen molar-refractivity contribution in [2.24, 2.45) is 0 Å². The number of aryl methyl sites for hydroxylation is 2. The lowest BCUT2D eigenvalue weighted by Crippen LogP contribution is -2.44. The number of fused-ring (bicyclic) bond motifs is 1. The minimum absolute atomic E-state index is 0.0519. The van der Waals surface area contributed by atoms with Gasteiger partial charge in [0.1, 0.15) is 0 Å². The van der Waals surface area contributed by atoms with Gasteiger partial charge < -0.3 is 24.8 Å². The van der Waals surface area contributed by atoms with Crippen molar-refractivity contribution in [1.29, 1.82) is 0 Å². The van der Waals surface area contributed by atoms with E-state index in [4.69, 9.17) is 17.0 Å². The summed E-state index contributed by atoms with van der Waals surface area (Å²) < 4.78 is 5.84. The monoisotopic (exact) mass is 430 g/mol. The Kier molecular flexibility index (Phi) is 7.86. The van der Waals surface area contributed by atoms with Gasteiger partial charge >= 0.3 is 0 Å². The SMILES string of the molecule is Cc1ccc(C)c2[nH]c(=O)c(CN(CC3CCCO3)C(=S)NCCCN(C)C)cc12. The van der Waals surface area contributed by atoms with Crippen LogP contribution in [0.1, 0.15) is 36.0 Å². The molecule has 30 heavy (non-hydrogen) atoms. The van der Waals surface area contributed by atoms with E-state index in [1.54, 1.807) is 0 Å². The number of rotatable bonds is 8. The topological polar surface area (TPSA) is 60.6 Å². The van der Waals surface area contributed by atoms with Gasteiger partial charge in [-0.05, 0) is 83.2 Å². The molecule has 1 fully saturated rings. The van der Waals surface area contributed by atoms with E-state index >= 15 is 0 Å². The van der Waals surface area contributed by atoms with Gasteiger partial charge in [-0.25, -0.2) is 0 Å². The number of hydrogen-bond acceptors (Lipinski definition) is 4. The third-order valence-corrected chi connectivity index (χ3v) is 6.08. The van der Waals surface area contributed by atoms with Gasteiger partial charge in [0.25, 0.3) is 5.56 Å². The minimum atomic E-state index is -0.0519.